The van der Waals surface area contributed by atoms with Gasteiger partial charge in [-0.3, -0.25) is 4.98 Å². The lowest BCUT2D eigenvalue weighted by molar-refractivity contribution is 0.580. The molecule has 0 saturated carbocycles. The van der Waals surface area contributed by atoms with Crippen LogP contribution in [0.1, 0.15) is 23.7 Å². The van der Waals surface area contributed by atoms with Crippen molar-refractivity contribution in [1.82, 2.24) is 9.71 Å². The van der Waals surface area contributed by atoms with Crippen LogP contribution >= 0.6 is 0 Å². The van der Waals surface area contributed by atoms with Crippen molar-refractivity contribution >= 4 is 10.0 Å². The molecule has 0 aliphatic rings. The predicted octanol–water partition coefficient (Wildman–Crippen LogP) is 1.99. The number of nitrogens with zero attached hydrogens (tertiary/aromatic N) is 2. The monoisotopic (exact) mass is 301 g/mol. The molecular formula is C15H15N3O2S. The molecule has 0 radical (unpaired) electrons. The molecule has 0 spiro atoms. The van der Waals surface area contributed by atoms with Gasteiger partial charge in [0, 0.05) is 6.20 Å². The van der Waals surface area contributed by atoms with Crippen LogP contribution in [0.25, 0.3) is 0 Å². The second-order valence-corrected chi connectivity index (χ2v) is 6.19. The molecule has 0 unspecified atom stereocenters. The molecule has 1 aromatic heterocycles. The minimum atomic E-state index is -3.66. The van der Waals surface area contributed by atoms with Crippen molar-refractivity contribution in [3.05, 3.63) is 59.4 Å². The number of nitrogens with one attached hydrogen (secondary N) is 1. The van der Waals surface area contributed by atoms with E-state index >= 15 is 0 Å². The third kappa shape index (κ3) is 3.66. The van der Waals surface area contributed by atoms with Crippen molar-refractivity contribution in [1.29, 1.82) is 5.26 Å². The van der Waals surface area contributed by atoms with Crippen molar-refractivity contribution in [2.24, 2.45) is 0 Å². The molecule has 1 heterocycles. The predicted molar refractivity (Wildman–Crippen MR) is 78.8 cm³/mol. The van der Waals surface area contributed by atoms with Crippen LogP contribution in [0.15, 0.2) is 47.5 Å². The second kappa shape index (κ2) is 6.48. The van der Waals surface area contributed by atoms with E-state index in [0.29, 0.717) is 11.3 Å². The van der Waals surface area contributed by atoms with Gasteiger partial charge in [-0.05, 0) is 36.2 Å². The van der Waals surface area contributed by atoms with Crippen LogP contribution in [-0.4, -0.2) is 13.4 Å². The maximum atomic E-state index is 12.2. The topological polar surface area (TPSA) is 82.8 Å². The van der Waals surface area contributed by atoms with Crippen molar-refractivity contribution < 1.29 is 8.42 Å². The summed E-state index contributed by atoms with van der Waals surface area (Å²) in [4.78, 5) is 4.28. The Bertz CT molecular complexity index is 780. The number of benzene rings is 1. The van der Waals surface area contributed by atoms with E-state index in [9.17, 15) is 8.42 Å². The summed E-state index contributed by atoms with van der Waals surface area (Å²) < 4.78 is 27.0. The molecule has 0 bridgehead atoms. The molecule has 0 fully saturated rings. The molecule has 0 aliphatic carbocycles. The van der Waals surface area contributed by atoms with E-state index in [1.54, 1.807) is 18.3 Å². The van der Waals surface area contributed by atoms with Gasteiger partial charge >= 0.3 is 0 Å². The minimum Gasteiger partial charge on any atom is -0.260 e. The Labute approximate surface area is 124 Å². The number of nitriles is 1. The highest BCUT2D eigenvalue weighted by molar-refractivity contribution is 7.89. The summed E-state index contributed by atoms with van der Waals surface area (Å²) in [6.45, 7) is 2.12. The van der Waals surface area contributed by atoms with Crippen molar-refractivity contribution in [2.75, 3.05) is 0 Å². The van der Waals surface area contributed by atoms with Crippen molar-refractivity contribution in [3.63, 3.8) is 0 Å². The molecule has 0 atom stereocenters. The zero-order valence-electron chi connectivity index (χ0n) is 11.6. The molecule has 0 saturated heterocycles. The molecule has 0 amide bonds. The van der Waals surface area contributed by atoms with Gasteiger partial charge in [-0.1, -0.05) is 19.1 Å². The van der Waals surface area contributed by atoms with Crippen LogP contribution in [0.5, 0.6) is 0 Å². The van der Waals surface area contributed by atoms with E-state index in [1.807, 2.05) is 25.1 Å². The normalized spacial score (nSPS) is 11.0. The average molecular weight is 301 g/mol. The Hall–Kier alpha value is -2.23. The number of pyridine rings is 1. The van der Waals surface area contributed by atoms with Crippen LogP contribution in [0.4, 0.5) is 0 Å². The lowest BCUT2D eigenvalue weighted by Gasteiger charge is -2.09. The van der Waals surface area contributed by atoms with E-state index in [2.05, 4.69) is 9.71 Å². The third-order valence-electron chi connectivity index (χ3n) is 3.07. The lowest BCUT2D eigenvalue weighted by atomic mass is 10.1. The fraction of sp³-hybridized carbons (Fsp3) is 0.200. The highest BCUT2D eigenvalue weighted by Crippen LogP contribution is 2.12. The Balaban J connectivity index is 2.20. The van der Waals surface area contributed by atoms with Gasteiger partial charge in [0.2, 0.25) is 10.0 Å². The van der Waals surface area contributed by atoms with Gasteiger partial charge in [0.25, 0.3) is 0 Å². The zero-order chi connectivity index (χ0) is 15.3. The summed E-state index contributed by atoms with van der Waals surface area (Å²) in [5.74, 6) is 0. The fourth-order valence-corrected chi connectivity index (χ4v) is 2.97. The summed E-state index contributed by atoms with van der Waals surface area (Å²) >= 11 is 0. The smallest absolute Gasteiger partial charge is 0.240 e. The summed E-state index contributed by atoms with van der Waals surface area (Å²) in [5, 5.41) is 8.83. The van der Waals surface area contributed by atoms with Crippen LogP contribution in [0.3, 0.4) is 0 Å². The number of hydrogen-bond acceptors (Lipinski definition) is 4. The van der Waals surface area contributed by atoms with Crippen molar-refractivity contribution in [2.45, 2.75) is 24.8 Å². The molecule has 5 nitrogen and oxygen atoms in total. The molecule has 2 rings (SSSR count). The van der Waals surface area contributed by atoms with E-state index in [0.717, 1.165) is 12.0 Å². The van der Waals surface area contributed by atoms with Gasteiger partial charge in [-0.15, -0.1) is 0 Å². The number of hydrogen-bond donors (Lipinski definition) is 1. The van der Waals surface area contributed by atoms with Gasteiger partial charge in [-0.2, -0.15) is 5.26 Å². The number of aromatic nitrogens is 1. The number of aryl methyl sites for hydroxylation is 1. The van der Waals surface area contributed by atoms with Crippen LogP contribution < -0.4 is 4.72 Å². The molecular weight excluding hydrogens is 286 g/mol. The highest BCUT2D eigenvalue weighted by Gasteiger charge is 2.15. The first-order chi connectivity index (χ1) is 10.1. The molecule has 1 aromatic carbocycles. The lowest BCUT2D eigenvalue weighted by Crippen LogP contribution is -2.24. The fourth-order valence-electron chi connectivity index (χ4n) is 1.93. The maximum absolute atomic E-state index is 12.2. The summed E-state index contributed by atoms with van der Waals surface area (Å²) in [6.07, 6.45) is 2.42. The van der Waals surface area contributed by atoms with E-state index < -0.39 is 10.0 Å². The van der Waals surface area contributed by atoms with E-state index in [4.69, 9.17) is 5.26 Å². The molecule has 2 aromatic rings. The Morgan fingerprint density at radius 2 is 2.10 bits per heavy atom. The third-order valence-corrected chi connectivity index (χ3v) is 4.47. The SMILES string of the molecule is CCc1cccnc1CNS(=O)(=O)c1cccc(C#N)c1. The highest BCUT2D eigenvalue weighted by atomic mass is 32.2. The largest absolute Gasteiger partial charge is 0.260 e. The standard InChI is InChI=1S/C15H15N3O2S/c1-2-13-6-4-8-17-15(13)11-18-21(19,20)14-7-3-5-12(9-14)10-16/h3-9,18H,2,11H2,1H3. The zero-order valence-corrected chi connectivity index (χ0v) is 12.4. The van der Waals surface area contributed by atoms with Crippen LogP contribution in [-0.2, 0) is 23.0 Å². The molecule has 6 heteroatoms. The van der Waals surface area contributed by atoms with Gasteiger partial charge < -0.3 is 0 Å². The molecule has 108 valence electrons. The van der Waals surface area contributed by atoms with Gasteiger partial charge in [0.1, 0.15) is 0 Å². The Morgan fingerprint density at radius 3 is 2.81 bits per heavy atom. The maximum Gasteiger partial charge on any atom is 0.240 e. The average Bonchev–Trinajstić information content (AvgIpc) is 2.53. The Kier molecular flexibility index (Phi) is 4.68. The first kappa shape index (κ1) is 15.2. The van der Waals surface area contributed by atoms with Crippen molar-refractivity contribution in [3.8, 4) is 6.07 Å². The Morgan fingerprint density at radius 1 is 1.29 bits per heavy atom. The summed E-state index contributed by atoms with van der Waals surface area (Å²) in [7, 11) is -3.66. The van der Waals surface area contributed by atoms with Gasteiger partial charge in [0.15, 0.2) is 0 Å². The van der Waals surface area contributed by atoms with Crippen LogP contribution in [0, 0.1) is 11.3 Å². The van der Waals surface area contributed by atoms with Gasteiger partial charge in [0.05, 0.1) is 28.8 Å². The first-order valence-corrected chi connectivity index (χ1v) is 7.97. The number of sulfonamides is 1. The van der Waals surface area contributed by atoms with E-state index in [1.165, 1.54) is 12.1 Å². The number of rotatable bonds is 5. The molecule has 1 N–H and O–H groups in total. The minimum absolute atomic E-state index is 0.0792. The van der Waals surface area contributed by atoms with E-state index in [-0.39, 0.29) is 11.4 Å². The molecule has 21 heavy (non-hydrogen) atoms. The molecule has 0 aliphatic heterocycles. The first-order valence-electron chi connectivity index (χ1n) is 6.49. The van der Waals surface area contributed by atoms with Crippen LogP contribution in [0.2, 0.25) is 0 Å². The summed E-state index contributed by atoms with van der Waals surface area (Å²) in [6, 6.07) is 11.6. The summed E-state index contributed by atoms with van der Waals surface area (Å²) in [5.41, 5.74) is 2.02. The second-order valence-electron chi connectivity index (χ2n) is 4.43. The van der Waals surface area contributed by atoms with Gasteiger partial charge in [-0.25, -0.2) is 13.1 Å². The quantitative estimate of drug-likeness (QED) is 0.915.